The van der Waals surface area contributed by atoms with Gasteiger partial charge in [-0.1, -0.05) is 12.2 Å². The lowest BCUT2D eigenvalue weighted by Gasteiger charge is -2.47. The highest BCUT2D eigenvalue weighted by Crippen LogP contribution is 2.38. The summed E-state index contributed by atoms with van der Waals surface area (Å²) in [7, 11) is 0. The predicted octanol–water partition coefficient (Wildman–Crippen LogP) is 0.109. The molecule has 2 rings (SSSR count). The summed E-state index contributed by atoms with van der Waals surface area (Å²) in [5.74, 6) is -1.24. The largest absolute Gasteiger partial charge is 0.388 e. The third-order valence-corrected chi connectivity index (χ3v) is 3.55. The molecule has 4 unspecified atom stereocenters. The molecule has 18 heavy (non-hydrogen) atoms. The molecule has 102 valence electrons. The maximum atomic E-state index is 10.1. The van der Waals surface area contributed by atoms with Crippen LogP contribution < -0.4 is 0 Å². The van der Waals surface area contributed by atoms with Gasteiger partial charge in [0.25, 0.3) is 0 Å². The number of ether oxygens (including phenoxy) is 2. The van der Waals surface area contributed by atoms with Crippen LogP contribution in [0.2, 0.25) is 0 Å². The molecule has 1 fully saturated rings. The van der Waals surface area contributed by atoms with Crippen LogP contribution in [0.1, 0.15) is 20.3 Å². The van der Waals surface area contributed by atoms with Crippen LogP contribution in [0.4, 0.5) is 0 Å². The quantitative estimate of drug-likeness (QED) is 0.620. The maximum absolute atomic E-state index is 10.1. The van der Waals surface area contributed by atoms with E-state index in [0.29, 0.717) is 13.0 Å². The zero-order valence-corrected chi connectivity index (χ0v) is 10.7. The van der Waals surface area contributed by atoms with Crippen LogP contribution >= 0.6 is 0 Å². The van der Waals surface area contributed by atoms with Crippen LogP contribution in [0.15, 0.2) is 23.3 Å². The summed E-state index contributed by atoms with van der Waals surface area (Å²) in [5.41, 5.74) is 2.11. The summed E-state index contributed by atoms with van der Waals surface area (Å²) < 4.78 is 11.1. The fraction of sp³-hybridized carbons (Fsp3) is 0.692. The summed E-state index contributed by atoms with van der Waals surface area (Å²) >= 11 is 0. The van der Waals surface area contributed by atoms with Gasteiger partial charge in [0.2, 0.25) is 5.79 Å². The molecule has 4 atom stereocenters. The fourth-order valence-electron chi connectivity index (χ4n) is 2.36. The normalized spacial score (nSPS) is 41.9. The molecule has 1 saturated heterocycles. The molecule has 2 aliphatic heterocycles. The van der Waals surface area contributed by atoms with Crippen molar-refractivity contribution in [3.8, 4) is 0 Å². The lowest BCUT2D eigenvalue weighted by atomic mass is 9.88. The van der Waals surface area contributed by atoms with Crippen LogP contribution in [0.3, 0.4) is 0 Å². The molecule has 2 heterocycles. The third kappa shape index (κ3) is 2.24. The first-order valence-corrected chi connectivity index (χ1v) is 6.13. The molecular formula is C13H20O5. The Labute approximate surface area is 106 Å². The van der Waals surface area contributed by atoms with Crippen molar-refractivity contribution in [3.05, 3.63) is 23.3 Å². The van der Waals surface area contributed by atoms with E-state index in [2.05, 4.69) is 0 Å². The van der Waals surface area contributed by atoms with Gasteiger partial charge in [0.05, 0.1) is 13.2 Å². The molecule has 0 saturated carbocycles. The third-order valence-electron chi connectivity index (χ3n) is 3.55. The first-order valence-electron chi connectivity index (χ1n) is 6.13. The highest BCUT2D eigenvalue weighted by atomic mass is 16.7. The summed E-state index contributed by atoms with van der Waals surface area (Å²) in [5, 5.41) is 29.3. The van der Waals surface area contributed by atoms with Gasteiger partial charge >= 0.3 is 0 Å². The van der Waals surface area contributed by atoms with E-state index in [-0.39, 0.29) is 6.61 Å². The minimum atomic E-state index is -1.25. The molecule has 0 aromatic carbocycles. The summed E-state index contributed by atoms with van der Waals surface area (Å²) in [6.07, 6.45) is 0.657. The van der Waals surface area contributed by atoms with Gasteiger partial charge in [-0.25, -0.2) is 0 Å². The van der Waals surface area contributed by atoms with Gasteiger partial charge in [-0.3, -0.25) is 0 Å². The molecule has 3 N–H and O–H groups in total. The average molecular weight is 256 g/mol. The topological polar surface area (TPSA) is 79.2 Å². The molecule has 0 amide bonds. The number of hydrogen-bond donors (Lipinski definition) is 3. The van der Waals surface area contributed by atoms with Gasteiger partial charge in [-0.15, -0.1) is 0 Å². The van der Waals surface area contributed by atoms with E-state index in [4.69, 9.17) is 9.47 Å². The molecule has 0 aliphatic carbocycles. The zero-order valence-electron chi connectivity index (χ0n) is 10.7. The number of hydrogen-bond acceptors (Lipinski definition) is 5. The minimum Gasteiger partial charge on any atom is -0.388 e. The molecule has 0 bridgehead atoms. The standard InChI is InChI=1S/C13H20O5/c1-3-4-9-5-13(17-6-8(9)2)12(16)11(15)10(14)7-18-13/h3-4,10-12,14-16H,5-7H2,1-2H3/b4-3-. The van der Waals surface area contributed by atoms with Crippen LogP contribution in [0.5, 0.6) is 0 Å². The van der Waals surface area contributed by atoms with Gasteiger partial charge < -0.3 is 24.8 Å². The van der Waals surface area contributed by atoms with Gasteiger partial charge in [0.1, 0.15) is 18.3 Å². The monoisotopic (exact) mass is 256 g/mol. The molecule has 5 heteroatoms. The van der Waals surface area contributed by atoms with E-state index in [0.717, 1.165) is 11.1 Å². The van der Waals surface area contributed by atoms with E-state index in [1.165, 1.54) is 0 Å². The average Bonchev–Trinajstić information content (AvgIpc) is 2.36. The molecule has 0 aromatic heterocycles. The minimum absolute atomic E-state index is 0.0413. The first-order chi connectivity index (χ1) is 8.50. The Bertz CT molecular complexity index is 376. The van der Waals surface area contributed by atoms with Crippen molar-refractivity contribution in [2.75, 3.05) is 13.2 Å². The smallest absolute Gasteiger partial charge is 0.201 e. The Morgan fingerprint density at radius 1 is 1.28 bits per heavy atom. The number of aliphatic hydroxyl groups excluding tert-OH is 3. The Balaban J connectivity index is 2.24. The van der Waals surface area contributed by atoms with Gasteiger partial charge in [-0.2, -0.15) is 0 Å². The second-order valence-electron chi connectivity index (χ2n) is 4.90. The number of allylic oxidation sites excluding steroid dienone is 2. The van der Waals surface area contributed by atoms with Gasteiger partial charge in [0.15, 0.2) is 0 Å². The van der Waals surface area contributed by atoms with Crippen molar-refractivity contribution in [2.24, 2.45) is 0 Å². The Hall–Kier alpha value is -0.720. The molecule has 2 aliphatic rings. The summed E-state index contributed by atoms with van der Waals surface area (Å²) in [6.45, 7) is 4.18. The van der Waals surface area contributed by atoms with Crippen LogP contribution in [0, 0.1) is 0 Å². The van der Waals surface area contributed by atoms with Gasteiger partial charge in [0, 0.05) is 6.42 Å². The van der Waals surface area contributed by atoms with Gasteiger partial charge in [-0.05, 0) is 25.0 Å². The van der Waals surface area contributed by atoms with Crippen molar-refractivity contribution >= 4 is 0 Å². The lowest BCUT2D eigenvalue weighted by molar-refractivity contribution is -0.338. The Morgan fingerprint density at radius 2 is 2.00 bits per heavy atom. The van der Waals surface area contributed by atoms with Crippen molar-refractivity contribution in [3.63, 3.8) is 0 Å². The molecule has 0 radical (unpaired) electrons. The van der Waals surface area contributed by atoms with Crippen molar-refractivity contribution in [1.29, 1.82) is 0 Å². The van der Waals surface area contributed by atoms with E-state index in [1.807, 2.05) is 26.0 Å². The SMILES string of the molecule is C/C=C\C1=C(C)COC2(C1)OCC(O)C(O)C2O. The van der Waals surface area contributed by atoms with Crippen LogP contribution in [-0.2, 0) is 9.47 Å². The Morgan fingerprint density at radius 3 is 2.67 bits per heavy atom. The van der Waals surface area contributed by atoms with E-state index >= 15 is 0 Å². The van der Waals surface area contributed by atoms with Crippen molar-refractivity contribution in [2.45, 2.75) is 44.4 Å². The fourth-order valence-corrected chi connectivity index (χ4v) is 2.36. The first kappa shape index (κ1) is 13.7. The zero-order chi connectivity index (χ0) is 13.3. The van der Waals surface area contributed by atoms with Crippen LogP contribution in [-0.4, -0.2) is 52.6 Å². The molecule has 5 nitrogen and oxygen atoms in total. The number of aliphatic hydroxyl groups is 3. The van der Waals surface area contributed by atoms with Crippen molar-refractivity contribution < 1.29 is 24.8 Å². The summed E-state index contributed by atoms with van der Waals surface area (Å²) in [4.78, 5) is 0. The van der Waals surface area contributed by atoms with E-state index in [1.54, 1.807) is 0 Å². The lowest BCUT2D eigenvalue weighted by Crippen LogP contribution is -2.63. The predicted molar refractivity (Wildman–Crippen MR) is 64.8 cm³/mol. The molecule has 0 aromatic rings. The second-order valence-corrected chi connectivity index (χ2v) is 4.90. The number of rotatable bonds is 1. The molecular weight excluding hydrogens is 236 g/mol. The van der Waals surface area contributed by atoms with Crippen molar-refractivity contribution in [1.82, 2.24) is 0 Å². The maximum Gasteiger partial charge on any atom is 0.201 e. The highest BCUT2D eigenvalue weighted by molar-refractivity contribution is 5.29. The van der Waals surface area contributed by atoms with Crippen LogP contribution in [0.25, 0.3) is 0 Å². The van der Waals surface area contributed by atoms with E-state index < -0.39 is 24.1 Å². The highest BCUT2D eigenvalue weighted by Gasteiger charge is 2.52. The second kappa shape index (κ2) is 5.11. The molecule has 1 spiro atoms. The Kier molecular flexibility index (Phi) is 3.89. The van der Waals surface area contributed by atoms with E-state index in [9.17, 15) is 15.3 Å². The summed E-state index contributed by atoms with van der Waals surface area (Å²) in [6, 6.07) is 0.